The average Bonchev–Trinajstić information content (AvgIpc) is 2.94. The molecule has 0 radical (unpaired) electrons. The highest BCUT2D eigenvalue weighted by Crippen LogP contribution is 2.34. The Morgan fingerprint density at radius 3 is 2.70 bits per heavy atom. The molecule has 0 aromatic carbocycles. The highest BCUT2D eigenvalue weighted by Gasteiger charge is 2.38. The van der Waals surface area contributed by atoms with Gasteiger partial charge in [-0.15, -0.1) is 0 Å². The molecule has 2 N–H and O–H groups in total. The number of rotatable bonds is 6. The fourth-order valence-electron chi connectivity index (χ4n) is 3.77. The van der Waals surface area contributed by atoms with E-state index < -0.39 is 0 Å². The van der Waals surface area contributed by atoms with Crippen molar-refractivity contribution in [2.45, 2.75) is 46.0 Å². The van der Waals surface area contributed by atoms with Crippen molar-refractivity contribution >= 4 is 5.91 Å². The molecule has 20 heavy (non-hydrogen) atoms. The zero-order valence-electron chi connectivity index (χ0n) is 13.2. The number of nitrogens with zero attached hydrogens (tertiary/aromatic N) is 1. The molecule has 1 atom stereocenters. The molecule has 2 saturated heterocycles. The summed E-state index contributed by atoms with van der Waals surface area (Å²) in [5.41, 5.74) is -0.0942. The van der Waals surface area contributed by atoms with E-state index >= 15 is 0 Å². The topological polar surface area (TPSA) is 44.4 Å². The summed E-state index contributed by atoms with van der Waals surface area (Å²) in [7, 11) is 0. The summed E-state index contributed by atoms with van der Waals surface area (Å²) in [5.74, 6) is 0.968. The van der Waals surface area contributed by atoms with Gasteiger partial charge in [0.15, 0.2) is 0 Å². The molecule has 1 amide bonds. The van der Waals surface area contributed by atoms with Gasteiger partial charge in [0.1, 0.15) is 0 Å². The molecule has 1 unspecified atom stereocenters. The molecule has 0 bridgehead atoms. The van der Waals surface area contributed by atoms with Gasteiger partial charge in [0.25, 0.3) is 0 Å². The van der Waals surface area contributed by atoms with Gasteiger partial charge in [0, 0.05) is 13.1 Å². The number of amides is 1. The molecule has 0 aliphatic carbocycles. The van der Waals surface area contributed by atoms with Gasteiger partial charge >= 0.3 is 0 Å². The highest BCUT2D eigenvalue weighted by molar-refractivity contribution is 5.82. The first-order valence-corrected chi connectivity index (χ1v) is 8.41. The second-order valence-electron chi connectivity index (χ2n) is 6.54. The van der Waals surface area contributed by atoms with Crippen molar-refractivity contribution in [1.82, 2.24) is 15.5 Å². The van der Waals surface area contributed by atoms with Crippen molar-refractivity contribution in [3.63, 3.8) is 0 Å². The maximum absolute atomic E-state index is 12.7. The number of carbonyl (C=O) groups is 1. The van der Waals surface area contributed by atoms with E-state index in [9.17, 15) is 4.79 Å². The number of hydrogen-bond donors (Lipinski definition) is 2. The third-order valence-electron chi connectivity index (χ3n) is 5.14. The van der Waals surface area contributed by atoms with Crippen LogP contribution < -0.4 is 10.6 Å². The second-order valence-corrected chi connectivity index (χ2v) is 6.54. The van der Waals surface area contributed by atoms with Gasteiger partial charge < -0.3 is 15.5 Å². The quantitative estimate of drug-likeness (QED) is 0.777. The second kappa shape index (κ2) is 7.41. The lowest BCUT2D eigenvalue weighted by atomic mass is 9.74. The summed E-state index contributed by atoms with van der Waals surface area (Å²) in [6, 6.07) is 0. The number of piperidine rings is 1. The van der Waals surface area contributed by atoms with Crippen molar-refractivity contribution in [3.8, 4) is 0 Å². The van der Waals surface area contributed by atoms with E-state index in [-0.39, 0.29) is 5.41 Å². The van der Waals surface area contributed by atoms with E-state index in [1.807, 2.05) is 0 Å². The molecule has 2 aliphatic rings. The van der Waals surface area contributed by atoms with Crippen LogP contribution in [0.1, 0.15) is 46.0 Å². The minimum absolute atomic E-state index is 0.0942. The lowest BCUT2D eigenvalue weighted by Crippen LogP contribution is -2.48. The monoisotopic (exact) mass is 281 g/mol. The van der Waals surface area contributed by atoms with E-state index in [0.29, 0.717) is 11.8 Å². The average molecular weight is 281 g/mol. The van der Waals surface area contributed by atoms with E-state index in [1.54, 1.807) is 0 Å². The first kappa shape index (κ1) is 15.8. The van der Waals surface area contributed by atoms with Gasteiger partial charge in [-0.25, -0.2) is 0 Å². The zero-order chi connectivity index (χ0) is 14.4. The highest BCUT2D eigenvalue weighted by atomic mass is 16.2. The van der Waals surface area contributed by atoms with Crippen molar-refractivity contribution in [3.05, 3.63) is 0 Å². The fourth-order valence-corrected chi connectivity index (χ4v) is 3.77. The van der Waals surface area contributed by atoms with Crippen molar-refractivity contribution in [1.29, 1.82) is 0 Å². The lowest BCUT2D eigenvalue weighted by molar-refractivity contribution is -0.133. The SMILES string of the molecule is CCCC1(C(=O)NCC2CCN(CC)C2)CCNCC1. The Morgan fingerprint density at radius 2 is 2.10 bits per heavy atom. The molecule has 2 fully saturated rings. The predicted octanol–water partition coefficient (Wildman–Crippen LogP) is 1.61. The van der Waals surface area contributed by atoms with Gasteiger partial charge in [-0.1, -0.05) is 20.3 Å². The minimum Gasteiger partial charge on any atom is -0.355 e. The Bertz CT molecular complexity index is 307. The Labute approximate surface area is 123 Å². The molecular formula is C16H31N3O. The number of hydrogen-bond acceptors (Lipinski definition) is 3. The van der Waals surface area contributed by atoms with E-state index in [2.05, 4.69) is 29.4 Å². The largest absolute Gasteiger partial charge is 0.355 e. The molecule has 2 rings (SSSR count). The lowest BCUT2D eigenvalue weighted by Gasteiger charge is -2.36. The van der Waals surface area contributed by atoms with E-state index in [4.69, 9.17) is 0 Å². The van der Waals surface area contributed by atoms with Crippen molar-refractivity contribution in [2.24, 2.45) is 11.3 Å². The van der Waals surface area contributed by atoms with Crippen LogP contribution in [0.3, 0.4) is 0 Å². The molecule has 116 valence electrons. The molecule has 2 heterocycles. The van der Waals surface area contributed by atoms with E-state index in [0.717, 1.165) is 58.4 Å². The Hall–Kier alpha value is -0.610. The molecule has 2 aliphatic heterocycles. The van der Waals surface area contributed by atoms with Gasteiger partial charge in [0.2, 0.25) is 5.91 Å². The van der Waals surface area contributed by atoms with E-state index in [1.165, 1.54) is 13.0 Å². The number of likely N-dealkylation sites (tertiary alicyclic amines) is 1. The van der Waals surface area contributed by atoms with Crippen LogP contribution in [0.15, 0.2) is 0 Å². The minimum atomic E-state index is -0.0942. The maximum atomic E-state index is 12.7. The van der Waals surface area contributed by atoms with Gasteiger partial charge in [0.05, 0.1) is 5.41 Å². The molecule has 0 aromatic heterocycles. The van der Waals surface area contributed by atoms with Crippen LogP contribution in [0.4, 0.5) is 0 Å². The van der Waals surface area contributed by atoms with Crippen LogP contribution >= 0.6 is 0 Å². The molecular weight excluding hydrogens is 250 g/mol. The summed E-state index contributed by atoms with van der Waals surface area (Å²) in [4.78, 5) is 15.1. The number of nitrogens with one attached hydrogen (secondary N) is 2. The summed E-state index contributed by atoms with van der Waals surface area (Å²) in [6.07, 6.45) is 5.36. The van der Waals surface area contributed by atoms with Gasteiger partial charge in [-0.3, -0.25) is 4.79 Å². The van der Waals surface area contributed by atoms with Crippen LogP contribution in [0.2, 0.25) is 0 Å². The Morgan fingerprint density at radius 1 is 1.35 bits per heavy atom. The summed E-state index contributed by atoms with van der Waals surface area (Å²) < 4.78 is 0. The van der Waals surface area contributed by atoms with Crippen LogP contribution in [0.5, 0.6) is 0 Å². The Balaban J connectivity index is 1.82. The molecule has 4 heteroatoms. The molecule has 0 aromatic rings. The smallest absolute Gasteiger partial charge is 0.226 e. The third-order valence-corrected chi connectivity index (χ3v) is 5.14. The van der Waals surface area contributed by atoms with Crippen molar-refractivity contribution in [2.75, 3.05) is 39.3 Å². The van der Waals surface area contributed by atoms with Gasteiger partial charge in [-0.05, 0) is 57.8 Å². The Kier molecular flexibility index (Phi) is 5.85. The van der Waals surface area contributed by atoms with Crippen LogP contribution in [-0.2, 0) is 4.79 Å². The molecule has 4 nitrogen and oxygen atoms in total. The first-order valence-electron chi connectivity index (χ1n) is 8.41. The summed E-state index contributed by atoms with van der Waals surface area (Å²) in [6.45, 7) is 10.7. The predicted molar refractivity (Wildman–Crippen MR) is 82.7 cm³/mol. The third kappa shape index (κ3) is 3.73. The summed E-state index contributed by atoms with van der Waals surface area (Å²) >= 11 is 0. The molecule has 0 spiro atoms. The summed E-state index contributed by atoms with van der Waals surface area (Å²) in [5, 5.41) is 6.65. The fraction of sp³-hybridized carbons (Fsp3) is 0.938. The van der Waals surface area contributed by atoms with Crippen LogP contribution in [0.25, 0.3) is 0 Å². The zero-order valence-corrected chi connectivity index (χ0v) is 13.2. The number of carbonyl (C=O) groups excluding carboxylic acids is 1. The standard InChI is InChI=1S/C16H31N3O/c1-3-6-16(7-9-17-10-8-16)15(20)18-12-14-5-11-19(4-2)13-14/h14,17H,3-13H2,1-2H3,(H,18,20). The van der Waals surface area contributed by atoms with Crippen molar-refractivity contribution < 1.29 is 4.79 Å². The van der Waals surface area contributed by atoms with Crippen LogP contribution in [0, 0.1) is 11.3 Å². The maximum Gasteiger partial charge on any atom is 0.226 e. The first-order chi connectivity index (χ1) is 9.70. The van der Waals surface area contributed by atoms with Crippen LogP contribution in [-0.4, -0.2) is 50.1 Å². The normalized spacial score (nSPS) is 26.6. The molecule has 0 saturated carbocycles. The van der Waals surface area contributed by atoms with Gasteiger partial charge in [-0.2, -0.15) is 0 Å².